The van der Waals surface area contributed by atoms with Gasteiger partial charge in [-0.1, -0.05) is 41.9 Å². The number of nitrogens with zero attached hydrogens (tertiary/aromatic N) is 3. The van der Waals surface area contributed by atoms with Crippen molar-refractivity contribution in [3.05, 3.63) is 59.1 Å². The summed E-state index contributed by atoms with van der Waals surface area (Å²) >= 11 is 6.55. The van der Waals surface area contributed by atoms with Crippen molar-refractivity contribution < 1.29 is 4.79 Å². The molecular weight excluding hydrogens is 384 g/mol. The van der Waals surface area contributed by atoms with Crippen LogP contribution >= 0.6 is 11.6 Å². The minimum atomic E-state index is -0.113. The van der Waals surface area contributed by atoms with Gasteiger partial charge in [-0.25, -0.2) is 4.79 Å². The zero-order valence-electron chi connectivity index (χ0n) is 17.4. The minimum Gasteiger partial charge on any atom is -0.370 e. The molecule has 0 aromatic heterocycles. The van der Waals surface area contributed by atoms with Crippen molar-refractivity contribution in [3.63, 3.8) is 0 Å². The average Bonchev–Trinajstić information content (AvgIpc) is 2.72. The molecule has 1 N–H and O–H groups in total. The number of amides is 2. The Labute approximate surface area is 179 Å². The van der Waals surface area contributed by atoms with Gasteiger partial charge in [0.1, 0.15) is 0 Å². The van der Waals surface area contributed by atoms with Gasteiger partial charge < -0.3 is 20.0 Å². The molecule has 2 amide bonds. The summed E-state index contributed by atoms with van der Waals surface area (Å²) in [7, 11) is 4.02. The van der Waals surface area contributed by atoms with Gasteiger partial charge >= 0.3 is 6.03 Å². The van der Waals surface area contributed by atoms with E-state index in [1.807, 2.05) is 67.5 Å². The van der Waals surface area contributed by atoms with Gasteiger partial charge in [0.15, 0.2) is 0 Å². The van der Waals surface area contributed by atoms with Crippen LogP contribution in [0.2, 0.25) is 5.02 Å². The maximum atomic E-state index is 13.0. The molecule has 0 atom stereocenters. The molecular formula is C23H31ClN4O. The number of urea groups is 1. The van der Waals surface area contributed by atoms with Gasteiger partial charge in [0.25, 0.3) is 0 Å². The van der Waals surface area contributed by atoms with Crippen LogP contribution in [0.4, 0.5) is 16.2 Å². The summed E-state index contributed by atoms with van der Waals surface area (Å²) in [5, 5.41) is 3.71. The van der Waals surface area contributed by atoms with Gasteiger partial charge in [-0.2, -0.15) is 0 Å². The van der Waals surface area contributed by atoms with Crippen molar-refractivity contribution in [3.8, 4) is 0 Å². The minimum absolute atomic E-state index is 0.113. The molecule has 0 saturated carbocycles. The first kappa shape index (κ1) is 21.5. The number of rotatable bonds is 7. The average molecular weight is 415 g/mol. The number of hydrogen-bond acceptors (Lipinski definition) is 3. The van der Waals surface area contributed by atoms with E-state index in [1.165, 1.54) is 19.3 Å². The van der Waals surface area contributed by atoms with Crippen molar-refractivity contribution >= 4 is 29.0 Å². The zero-order chi connectivity index (χ0) is 20.6. The van der Waals surface area contributed by atoms with E-state index in [0.29, 0.717) is 18.1 Å². The van der Waals surface area contributed by atoms with Gasteiger partial charge in [0.05, 0.1) is 10.7 Å². The molecule has 1 aliphatic heterocycles. The van der Waals surface area contributed by atoms with Crippen molar-refractivity contribution in [2.75, 3.05) is 50.5 Å². The molecule has 0 bridgehead atoms. The lowest BCUT2D eigenvalue weighted by Gasteiger charge is -2.30. The number of anilines is 2. The van der Waals surface area contributed by atoms with Crippen LogP contribution in [0.5, 0.6) is 0 Å². The lowest BCUT2D eigenvalue weighted by Crippen LogP contribution is -2.39. The first-order valence-corrected chi connectivity index (χ1v) is 10.7. The van der Waals surface area contributed by atoms with Crippen LogP contribution in [0, 0.1) is 0 Å². The number of halogens is 1. The van der Waals surface area contributed by atoms with Gasteiger partial charge in [-0.15, -0.1) is 0 Å². The summed E-state index contributed by atoms with van der Waals surface area (Å²) < 4.78 is 0. The molecule has 29 heavy (non-hydrogen) atoms. The maximum absolute atomic E-state index is 13.0. The molecule has 5 nitrogen and oxygen atoms in total. The summed E-state index contributed by atoms with van der Waals surface area (Å²) in [5.41, 5.74) is 2.89. The third kappa shape index (κ3) is 6.38. The fraction of sp³-hybridized carbons (Fsp3) is 0.435. The summed E-state index contributed by atoms with van der Waals surface area (Å²) in [6.07, 6.45) is 3.69. The van der Waals surface area contributed by atoms with Gasteiger partial charge in [-0.05, 0) is 57.1 Å². The molecule has 3 rings (SSSR count). The molecule has 1 heterocycles. The van der Waals surface area contributed by atoms with E-state index < -0.39 is 0 Å². The topological polar surface area (TPSA) is 38.8 Å². The van der Waals surface area contributed by atoms with Crippen LogP contribution in [0.25, 0.3) is 0 Å². The third-order valence-electron chi connectivity index (χ3n) is 5.22. The Morgan fingerprint density at radius 3 is 2.41 bits per heavy atom. The Morgan fingerprint density at radius 1 is 1.03 bits per heavy atom. The molecule has 1 fully saturated rings. The molecule has 2 aromatic rings. The molecule has 0 aliphatic carbocycles. The molecule has 1 aliphatic rings. The molecule has 2 aromatic carbocycles. The van der Waals surface area contributed by atoms with Crippen LogP contribution in [0.1, 0.15) is 24.8 Å². The molecule has 156 valence electrons. The Hall–Kier alpha value is -2.24. The number of benzene rings is 2. The van der Waals surface area contributed by atoms with E-state index in [2.05, 4.69) is 15.1 Å². The monoisotopic (exact) mass is 414 g/mol. The molecule has 0 radical (unpaired) electrons. The lowest BCUT2D eigenvalue weighted by atomic mass is 10.1. The summed E-state index contributed by atoms with van der Waals surface area (Å²) in [6.45, 7) is 4.10. The Kier molecular flexibility index (Phi) is 7.78. The summed E-state index contributed by atoms with van der Waals surface area (Å²) in [6, 6.07) is 15.8. The number of hydrogen-bond donors (Lipinski definition) is 1. The first-order chi connectivity index (χ1) is 14.0. The first-order valence-electron chi connectivity index (χ1n) is 10.3. The highest BCUT2D eigenvalue weighted by Crippen LogP contribution is 2.31. The van der Waals surface area contributed by atoms with Crippen LogP contribution in [-0.2, 0) is 6.54 Å². The van der Waals surface area contributed by atoms with Crippen LogP contribution in [0.3, 0.4) is 0 Å². The van der Waals surface area contributed by atoms with Gasteiger partial charge in [0, 0.05) is 38.4 Å². The highest BCUT2D eigenvalue weighted by atomic mass is 35.5. The quantitative estimate of drug-likeness (QED) is 0.698. The number of nitrogens with one attached hydrogen (secondary N) is 1. The molecule has 0 spiro atoms. The Bertz CT molecular complexity index is 791. The number of carbonyl (C=O) groups is 1. The highest BCUT2D eigenvalue weighted by molar-refractivity contribution is 6.33. The molecule has 1 saturated heterocycles. The second-order valence-electron chi connectivity index (χ2n) is 7.85. The summed E-state index contributed by atoms with van der Waals surface area (Å²) in [5.74, 6) is 0. The fourth-order valence-electron chi connectivity index (χ4n) is 3.56. The zero-order valence-corrected chi connectivity index (χ0v) is 18.2. The molecule has 0 unspecified atom stereocenters. The van der Waals surface area contributed by atoms with E-state index in [0.717, 1.165) is 36.6 Å². The van der Waals surface area contributed by atoms with Crippen LogP contribution in [-0.4, -0.2) is 56.1 Å². The SMILES string of the molecule is CN(C)CCN(Cc1ccccc1)C(=O)Nc1ccc(N2CCCCC2)c(Cl)c1. The fourth-order valence-corrected chi connectivity index (χ4v) is 3.86. The third-order valence-corrected chi connectivity index (χ3v) is 5.52. The smallest absolute Gasteiger partial charge is 0.322 e. The van der Waals surface area contributed by atoms with E-state index in [-0.39, 0.29) is 6.03 Å². The number of likely N-dealkylation sites (N-methyl/N-ethyl adjacent to an activating group) is 1. The second-order valence-corrected chi connectivity index (χ2v) is 8.26. The van der Waals surface area contributed by atoms with Crippen molar-refractivity contribution in [1.29, 1.82) is 0 Å². The number of carbonyl (C=O) groups excluding carboxylic acids is 1. The van der Waals surface area contributed by atoms with Gasteiger partial charge in [0.2, 0.25) is 0 Å². The predicted molar refractivity (Wildman–Crippen MR) is 122 cm³/mol. The van der Waals surface area contributed by atoms with Crippen LogP contribution in [0.15, 0.2) is 48.5 Å². The van der Waals surface area contributed by atoms with Gasteiger partial charge in [-0.3, -0.25) is 0 Å². The van der Waals surface area contributed by atoms with E-state index >= 15 is 0 Å². The summed E-state index contributed by atoms with van der Waals surface area (Å²) in [4.78, 5) is 19.2. The largest absolute Gasteiger partial charge is 0.370 e. The Balaban J connectivity index is 1.68. The molecule has 6 heteroatoms. The van der Waals surface area contributed by atoms with Crippen molar-refractivity contribution in [1.82, 2.24) is 9.80 Å². The highest BCUT2D eigenvalue weighted by Gasteiger charge is 2.17. The second kappa shape index (κ2) is 10.5. The van der Waals surface area contributed by atoms with E-state index in [9.17, 15) is 4.79 Å². The Morgan fingerprint density at radius 2 is 1.76 bits per heavy atom. The normalized spacial score (nSPS) is 14.1. The maximum Gasteiger partial charge on any atom is 0.322 e. The van der Waals surface area contributed by atoms with Crippen LogP contribution < -0.4 is 10.2 Å². The van der Waals surface area contributed by atoms with E-state index in [4.69, 9.17) is 11.6 Å². The predicted octanol–water partition coefficient (Wildman–Crippen LogP) is 4.93. The van der Waals surface area contributed by atoms with E-state index in [1.54, 1.807) is 0 Å². The van der Waals surface area contributed by atoms with Crippen molar-refractivity contribution in [2.24, 2.45) is 0 Å². The standard InChI is InChI=1S/C23H31ClN4O/c1-26(2)15-16-28(18-19-9-5-3-6-10-19)23(29)25-20-11-12-22(21(24)17-20)27-13-7-4-8-14-27/h3,5-6,9-12,17H,4,7-8,13-16,18H2,1-2H3,(H,25,29). The lowest BCUT2D eigenvalue weighted by molar-refractivity contribution is 0.202. The number of piperidine rings is 1. The van der Waals surface area contributed by atoms with Crippen molar-refractivity contribution in [2.45, 2.75) is 25.8 Å².